The molecule has 2 nitrogen and oxygen atoms in total. The summed E-state index contributed by atoms with van der Waals surface area (Å²) < 4.78 is 5.92. The van der Waals surface area contributed by atoms with Gasteiger partial charge >= 0.3 is 5.97 Å². The molecule has 0 aliphatic carbocycles. The molecule has 0 bridgehead atoms. The molecule has 2 aromatic carbocycles. The number of carbonyl (C=O) groups excluding carboxylic acids is 1. The molecule has 2 aromatic rings. The maximum Gasteiger partial charge on any atom is 0.339 e. The normalized spacial score (nSPS) is 10.3. The van der Waals surface area contributed by atoms with Crippen LogP contribution in [0.25, 0.3) is 0 Å². The lowest BCUT2D eigenvalue weighted by molar-refractivity contribution is 0.0471. The van der Waals surface area contributed by atoms with Crippen LogP contribution < -0.4 is 0 Å². The summed E-state index contributed by atoms with van der Waals surface area (Å²) in [7, 11) is 0. The number of rotatable bonds is 3. The Morgan fingerprint density at radius 3 is 2.74 bits per heavy atom. The molecule has 0 atom stereocenters. The van der Waals surface area contributed by atoms with E-state index >= 15 is 0 Å². The zero-order valence-electron chi connectivity index (χ0n) is 9.77. The van der Waals surface area contributed by atoms with Crippen molar-refractivity contribution < 1.29 is 9.53 Å². The molecule has 0 amide bonds. The zero-order valence-corrected chi connectivity index (χ0v) is 13.0. The fraction of sp³-hybridized carbons (Fsp3) is 0.0714. The Morgan fingerprint density at radius 1 is 1.26 bits per heavy atom. The third kappa shape index (κ3) is 3.75. The molecule has 0 saturated carbocycles. The second-order valence-electron chi connectivity index (χ2n) is 3.83. The minimum absolute atomic E-state index is 0.141. The summed E-state index contributed by atoms with van der Waals surface area (Å²) in [6, 6.07) is 12.5. The highest BCUT2D eigenvalue weighted by atomic mass is 79.9. The molecular weight excluding hydrogens is 348 g/mol. The number of benzene rings is 2. The Bertz CT molecular complexity index is 616. The molecule has 2 rings (SSSR count). The van der Waals surface area contributed by atoms with Crippen molar-refractivity contribution in [1.29, 1.82) is 0 Å². The van der Waals surface area contributed by atoms with Crippen molar-refractivity contribution in [1.82, 2.24) is 0 Å². The zero-order chi connectivity index (χ0) is 13.8. The van der Waals surface area contributed by atoms with Crippen LogP contribution >= 0.6 is 40.2 Å². The highest BCUT2D eigenvalue weighted by Gasteiger charge is 2.12. The van der Waals surface area contributed by atoms with E-state index < -0.39 is 5.97 Å². The summed E-state index contributed by atoms with van der Waals surface area (Å²) >= 11 is 13.5. The molecule has 0 radical (unpaired) electrons. The average Bonchev–Trinajstić information content (AvgIpc) is 2.40. The summed E-state index contributed by atoms with van der Waals surface area (Å²) in [5, 5.41) is 0.581. The predicted octanol–water partition coefficient (Wildman–Crippen LogP) is 4.75. The molecule has 0 unspecified atom stereocenters. The minimum atomic E-state index is -0.414. The largest absolute Gasteiger partial charge is 0.457 e. The molecule has 0 saturated heterocycles. The Hall–Kier alpha value is -0.970. The molecule has 0 aliphatic rings. The monoisotopic (exact) mass is 356 g/mol. The van der Waals surface area contributed by atoms with E-state index in [-0.39, 0.29) is 6.61 Å². The van der Waals surface area contributed by atoms with E-state index in [4.69, 9.17) is 16.3 Å². The number of ether oxygens (including phenoxy) is 1. The average molecular weight is 358 g/mol. The first-order valence-corrected chi connectivity index (χ1v) is 7.09. The van der Waals surface area contributed by atoms with Gasteiger partial charge < -0.3 is 4.74 Å². The summed E-state index contributed by atoms with van der Waals surface area (Å²) in [4.78, 5) is 12.7. The molecule has 0 aliphatic heterocycles. The molecule has 0 aromatic heterocycles. The minimum Gasteiger partial charge on any atom is -0.457 e. The Morgan fingerprint density at radius 2 is 2.00 bits per heavy atom. The van der Waals surface area contributed by atoms with Gasteiger partial charge in [-0.3, -0.25) is 0 Å². The summed E-state index contributed by atoms with van der Waals surface area (Å²) in [5.74, 6) is -0.414. The molecule has 98 valence electrons. The van der Waals surface area contributed by atoms with Crippen LogP contribution in [0.4, 0.5) is 0 Å². The SMILES string of the molecule is O=C(OCc1ccccc1Cl)c1cc(S)ccc1Br. The van der Waals surface area contributed by atoms with Gasteiger partial charge in [0.1, 0.15) is 6.61 Å². The number of esters is 1. The van der Waals surface area contributed by atoms with Gasteiger partial charge in [0, 0.05) is 20.0 Å². The number of hydrogen-bond donors (Lipinski definition) is 1. The quantitative estimate of drug-likeness (QED) is 0.634. The van der Waals surface area contributed by atoms with Crippen LogP contribution in [0.5, 0.6) is 0 Å². The van der Waals surface area contributed by atoms with E-state index in [2.05, 4.69) is 28.6 Å². The second kappa shape index (κ2) is 6.46. The smallest absolute Gasteiger partial charge is 0.339 e. The number of thiol groups is 1. The topological polar surface area (TPSA) is 26.3 Å². The fourth-order valence-corrected chi connectivity index (χ4v) is 2.31. The van der Waals surface area contributed by atoms with E-state index in [1.807, 2.05) is 18.2 Å². The summed E-state index contributed by atoms with van der Waals surface area (Å²) in [5.41, 5.74) is 1.22. The fourth-order valence-electron chi connectivity index (χ4n) is 1.51. The van der Waals surface area contributed by atoms with Crippen LogP contribution in [-0.4, -0.2) is 5.97 Å². The Labute approximate surface area is 130 Å². The molecule has 0 heterocycles. The van der Waals surface area contributed by atoms with Crippen molar-refractivity contribution in [3.8, 4) is 0 Å². The molecule has 0 fully saturated rings. The molecule has 0 spiro atoms. The Kier molecular flexibility index (Phi) is 4.91. The highest BCUT2D eigenvalue weighted by Crippen LogP contribution is 2.22. The first-order chi connectivity index (χ1) is 9.08. The summed E-state index contributed by atoms with van der Waals surface area (Å²) in [6.45, 7) is 0.141. The third-order valence-corrected chi connectivity index (χ3v) is 3.82. The van der Waals surface area contributed by atoms with Crippen LogP contribution in [0.1, 0.15) is 15.9 Å². The van der Waals surface area contributed by atoms with Crippen LogP contribution in [-0.2, 0) is 11.3 Å². The van der Waals surface area contributed by atoms with E-state index in [1.54, 1.807) is 24.3 Å². The lowest BCUT2D eigenvalue weighted by Gasteiger charge is -2.08. The van der Waals surface area contributed by atoms with Gasteiger partial charge in [-0.25, -0.2) is 4.79 Å². The second-order valence-corrected chi connectivity index (χ2v) is 5.61. The van der Waals surface area contributed by atoms with Gasteiger partial charge in [0.25, 0.3) is 0 Å². The Balaban J connectivity index is 2.10. The van der Waals surface area contributed by atoms with Crippen LogP contribution in [0, 0.1) is 0 Å². The molecular formula is C14H10BrClO2S. The van der Waals surface area contributed by atoms with Gasteiger partial charge in [-0.15, -0.1) is 12.6 Å². The maximum atomic E-state index is 12.0. The number of halogens is 2. The third-order valence-electron chi connectivity index (χ3n) is 2.49. The predicted molar refractivity (Wildman–Crippen MR) is 82.0 cm³/mol. The molecule has 5 heteroatoms. The van der Waals surface area contributed by atoms with Gasteiger partial charge in [0.2, 0.25) is 0 Å². The van der Waals surface area contributed by atoms with E-state index in [0.717, 1.165) is 5.56 Å². The van der Waals surface area contributed by atoms with Crippen molar-refractivity contribution >= 4 is 46.1 Å². The van der Waals surface area contributed by atoms with Gasteiger partial charge in [0.05, 0.1) is 5.56 Å². The van der Waals surface area contributed by atoms with Crippen LogP contribution in [0.2, 0.25) is 5.02 Å². The maximum absolute atomic E-state index is 12.0. The standard InChI is InChI=1S/C14H10BrClO2S/c15-12-6-5-10(19)7-11(12)14(17)18-8-9-3-1-2-4-13(9)16/h1-7,19H,8H2. The van der Waals surface area contributed by atoms with Crippen molar-refractivity contribution in [2.24, 2.45) is 0 Å². The summed E-state index contributed by atoms with van der Waals surface area (Å²) in [6.07, 6.45) is 0. The van der Waals surface area contributed by atoms with Crippen molar-refractivity contribution in [2.75, 3.05) is 0 Å². The first kappa shape index (κ1) is 14.4. The van der Waals surface area contributed by atoms with Crippen molar-refractivity contribution in [3.05, 3.63) is 63.1 Å². The van der Waals surface area contributed by atoms with E-state index in [1.165, 1.54) is 0 Å². The first-order valence-electron chi connectivity index (χ1n) is 5.47. The molecule has 19 heavy (non-hydrogen) atoms. The van der Waals surface area contributed by atoms with Crippen molar-refractivity contribution in [2.45, 2.75) is 11.5 Å². The number of carbonyl (C=O) groups is 1. The van der Waals surface area contributed by atoms with Crippen molar-refractivity contribution in [3.63, 3.8) is 0 Å². The van der Waals surface area contributed by atoms with E-state index in [0.29, 0.717) is 20.0 Å². The highest BCUT2D eigenvalue weighted by molar-refractivity contribution is 9.10. The van der Waals surface area contributed by atoms with E-state index in [9.17, 15) is 4.79 Å². The van der Waals surface area contributed by atoms with Crippen LogP contribution in [0.15, 0.2) is 51.8 Å². The molecule has 0 N–H and O–H groups in total. The van der Waals surface area contributed by atoms with Gasteiger partial charge in [-0.05, 0) is 40.2 Å². The van der Waals surface area contributed by atoms with Crippen LogP contribution in [0.3, 0.4) is 0 Å². The van der Waals surface area contributed by atoms with Gasteiger partial charge in [0.15, 0.2) is 0 Å². The van der Waals surface area contributed by atoms with Gasteiger partial charge in [-0.1, -0.05) is 29.8 Å². The number of hydrogen-bond acceptors (Lipinski definition) is 3. The van der Waals surface area contributed by atoms with Gasteiger partial charge in [-0.2, -0.15) is 0 Å². The lowest BCUT2D eigenvalue weighted by Crippen LogP contribution is -2.06. The lowest BCUT2D eigenvalue weighted by atomic mass is 10.2.